The van der Waals surface area contributed by atoms with Crippen molar-refractivity contribution in [3.05, 3.63) is 18.0 Å². The smallest absolute Gasteiger partial charge is 0.222 e. The first-order valence-electron chi connectivity index (χ1n) is 11.0. The summed E-state index contributed by atoms with van der Waals surface area (Å²) in [5, 5.41) is 4.37. The molecule has 5 nitrogen and oxygen atoms in total. The maximum Gasteiger partial charge on any atom is 0.222 e. The maximum atomic E-state index is 12.4. The van der Waals surface area contributed by atoms with Crippen molar-refractivity contribution in [1.29, 1.82) is 0 Å². The minimum atomic E-state index is 0.138. The third-order valence-electron chi connectivity index (χ3n) is 5.68. The van der Waals surface area contributed by atoms with Crippen molar-refractivity contribution in [3.63, 3.8) is 0 Å². The van der Waals surface area contributed by atoms with Crippen LogP contribution in [0, 0.1) is 0 Å². The molecule has 2 rings (SSSR count). The Morgan fingerprint density at radius 1 is 1.00 bits per heavy atom. The van der Waals surface area contributed by atoms with Gasteiger partial charge in [-0.3, -0.25) is 14.3 Å². The molecule has 0 aliphatic carbocycles. The Balaban J connectivity index is 1.61. The van der Waals surface area contributed by atoms with E-state index < -0.39 is 0 Å². The van der Waals surface area contributed by atoms with Gasteiger partial charge in [-0.05, 0) is 19.3 Å². The maximum absolute atomic E-state index is 12.4. The number of unbranched alkanes of at least 4 members (excludes halogenated alkanes) is 7. The summed E-state index contributed by atoms with van der Waals surface area (Å²) < 4.78 is 1.92. The standard InChI is InChI=1S/C22H37N3O2/c1-3-5-6-7-8-9-10-11-12-22(27)24-15-13-20(14-16-24)25-18-19(17-23-25)21(26)4-2/h17-18,20H,3-16H2,1-2H3. The van der Waals surface area contributed by atoms with Crippen molar-refractivity contribution in [2.24, 2.45) is 0 Å². The average Bonchev–Trinajstić information content (AvgIpc) is 3.19. The number of amides is 1. The van der Waals surface area contributed by atoms with Crippen LogP contribution in [0.5, 0.6) is 0 Å². The first kappa shape index (κ1) is 21.6. The fraction of sp³-hybridized carbons (Fsp3) is 0.773. The second kappa shape index (κ2) is 11.9. The highest BCUT2D eigenvalue weighted by Gasteiger charge is 2.24. The number of aromatic nitrogens is 2. The van der Waals surface area contributed by atoms with Crippen molar-refractivity contribution in [1.82, 2.24) is 14.7 Å². The Labute approximate surface area is 164 Å². The molecule has 152 valence electrons. The molecule has 1 amide bonds. The summed E-state index contributed by atoms with van der Waals surface area (Å²) in [7, 11) is 0. The van der Waals surface area contributed by atoms with Crippen molar-refractivity contribution in [3.8, 4) is 0 Å². The molecule has 1 aromatic rings. The lowest BCUT2D eigenvalue weighted by Crippen LogP contribution is -2.39. The Morgan fingerprint density at radius 2 is 1.63 bits per heavy atom. The minimum Gasteiger partial charge on any atom is -0.343 e. The van der Waals surface area contributed by atoms with E-state index in [1.54, 1.807) is 6.20 Å². The van der Waals surface area contributed by atoms with E-state index in [-0.39, 0.29) is 5.78 Å². The van der Waals surface area contributed by atoms with Crippen LogP contribution < -0.4 is 0 Å². The van der Waals surface area contributed by atoms with E-state index >= 15 is 0 Å². The van der Waals surface area contributed by atoms with Crippen molar-refractivity contribution in [2.75, 3.05) is 13.1 Å². The van der Waals surface area contributed by atoms with Crippen molar-refractivity contribution < 1.29 is 9.59 Å². The third-order valence-corrected chi connectivity index (χ3v) is 5.68. The lowest BCUT2D eigenvalue weighted by Gasteiger charge is -2.32. The zero-order chi connectivity index (χ0) is 19.5. The van der Waals surface area contributed by atoms with Gasteiger partial charge in [0, 0.05) is 32.1 Å². The van der Waals surface area contributed by atoms with E-state index in [2.05, 4.69) is 12.0 Å². The summed E-state index contributed by atoms with van der Waals surface area (Å²) in [4.78, 5) is 26.2. The summed E-state index contributed by atoms with van der Waals surface area (Å²) in [5.41, 5.74) is 0.700. The Morgan fingerprint density at radius 3 is 2.26 bits per heavy atom. The van der Waals surface area contributed by atoms with Crippen LogP contribution >= 0.6 is 0 Å². The molecule has 5 heteroatoms. The molecule has 1 aromatic heterocycles. The first-order valence-corrected chi connectivity index (χ1v) is 11.0. The molecule has 27 heavy (non-hydrogen) atoms. The molecule has 1 fully saturated rings. The number of piperidine rings is 1. The number of carbonyl (C=O) groups excluding carboxylic acids is 2. The van der Waals surface area contributed by atoms with Crippen LogP contribution in [0.2, 0.25) is 0 Å². The van der Waals surface area contributed by atoms with Gasteiger partial charge < -0.3 is 4.90 Å². The van der Waals surface area contributed by atoms with Crippen molar-refractivity contribution >= 4 is 11.7 Å². The molecule has 0 aromatic carbocycles. The molecule has 0 saturated carbocycles. The molecule has 1 aliphatic rings. The fourth-order valence-corrected chi connectivity index (χ4v) is 3.83. The van der Waals surface area contributed by atoms with Gasteiger partial charge in [0.05, 0.1) is 17.8 Å². The number of rotatable bonds is 12. The number of hydrogen-bond donors (Lipinski definition) is 0. The normalized spacial score (nSPS) is 15.3. The number of carbonyl (C=O) groups is 2. The van der Waals surface area contributed by atoms with Gasteiger partial charge in [0.25, 0.3) is 0 Å². The van der Waals surface area contributed by atoms with Crippen LogP contribution in [-0.4, -0.2) is 39.5 Å². The number of likely N-dealkylation sites (tertiary alicyclic amines) is 1. The Bertz CT molecular complexity index is 574. The third kappa shape index (κ3) is 7.11. The van der Waals surface area contributed by atoms with E-state index in [9.17, 15) is 9.59 Å². The van der Waals surface area contributed by atoms with Gasteiger partial charge in [0.2, 0.25) is 5.91 Å². The van der Waals surface area contributed by atoms with Crippen LogP contribution in [0.1, 0.15) is 107 Å². The van der Waals surface area contributed by atoms with Gasteiger partial charge in [-0.1, -0.05) is 58.8 Å². The molecular formula is C22H37N3O2. The largest absolute Gasteiger partial charge is 0.343 e. The van der Waals surface area contributed by atoms with E-state index in [1.165, 1.54) is 44.9 Å². The van der Waals surface area contributed by atoms with Crippen LogP contribution in [-0.2, 0) is 4.79 Å². The quantitative estimate of drug-likeness (QED) is 0.374. The van der Waals surface area contributed by atoms with Crippen LogP contribution in [0.25, 0.3) is 0 Å². The number of Topliss-reactive ketones (excluding diaryl/α,β-unsaturated/α-hetero) is 1. The highest BCUT2D eigenvalue weighted by molar-refractivity contribution is 5.95. The monoisotopic (exact) mass is 375 g/mol. The minimum absolute atomic E-state index is 0.138. The van der Waals surface area contributed by atoms with Gasteiger partial charge in [-0.15, -0.1) is 0 Å². The summed E-state index contributed by atoms with van der Waals surface area (Å²) in [6, 6.07) is 0.301. The highest BCUT2D eigenvalue weighted by atomic mass is 16.2. The SMILES string of the molecule is CCCCCCCCCCC(=O)N1CCC(n2cc(C(=O)CC)cn2)CC1. The molecule has 1 saturated heterocycles. The molecule has 0 N–H and O–H groups in total. The number of ketones is 1. The van der Waals surface area contributed by atoms with E-state index in [1.807, 2.05) is 22.7 Å². The lowest BCUT2D eigenvalue weighted by atomic mass is 10.0. The molecule has 0 atom stereocenters. The predicted octanol–water partition coefficient (Wildman–Crippen LogP) is 5.17. The van der Waals surface area contributed by atoms with Gasteiger partial charge in [0.15, 0.2) is 5.78 Å². The zero-order valence-electron chi connectivity index (χ0n) is 17.3. The fourth-order valence-electron chi connectivity index (χ4n) is 3.83. The lowest BCUT2D eigenvalue weighted by molar-refractivity contribution is -0.132. The van der Waals surface area contributed by atoms with E-state index in [0.29, 0.717) is 30.4 Å². The molecule has 0 spiro atoms. The molecule has 0 unspecified atom stereocenters. The first-order chi connectivity index (χ1) is 13.2. The van der Waals surface area contributed by atoms with Gasteiger partial charge >= 0.3 is 0 Å². The molecule has 0 radical (unpaired) electrons. The molecular weight excluding hydrogens is 338 g/mol. The zero-order valence-corrected chi connectivity index (χ0v) is 17.3. The molecule has 2 heterocycles. The number of nitrogens with zero attached hydrogens (tertiary/aromatic N) is 3. The molecule has 1 aliphatic heterocycles. The summed E-state index contributed by atoms with van der Waals surface area (Å²) in [6.07, 6.45) is 16.7. The van der Waals surface area contributed by atoms with Gasteiger partial charge in [-0.2, -0.15) is 5.10 Å². The second-order valence-corrected chi connectivity index (χ2v) is 7.82. The number of hydrogen-bond acceptors (Lipinski definition) is 3. The average molecular weight is 376 g/mol. The second-order valence-electron chi connectivity index (χ2n) is 7.82. The van der Waals surface area contributed by atoms with Gasteiger partial charge in [0.1, 0.15) is 0 Å². The summed E-state index contributed by atoms with van der Waals surface area (Å²) in [6.45, 7) is 5.72. The van der Waals surface area contributed by atoms with Crippen LogP contribution in [0.4, 0.5) is 0 Å². The Kier molecular flexibility index (Phi) is 9.57. The molecule has 0 bridgehead atoms. The summed E-state index contributed by atoms with van der Waals surface area (Å²) in [5.74, 6) is 0.445. The van der Waals surface area contributed by atoms with Gasteiger partial charge in [-0.25, -0.2) is 0 Å². The van der Waals surface area contributed by atoms with Crippen LogP contribution in [0.15, 0.2) is 12.4 Å². The Hall–Kier alpha value is -1.65. The summed E-state index contributed by atoms with van der Waals surface area (Å²) >= 11 is 0. The van der Waals surface area contributed by atoms with Crippen LogP contribution in [0.3, 0.4) is 0 Å². The highest BCUT2D eigenvalue weighted by Crippen LogP contribution is 2.23. The van der Waals surface area contributed by atoms with E-state index in [0.717, 1.165) is 32.4 Å². The van der Waals surface area contributed by atoms with E-state index in [4.69, 9.17) is 0 Å². The predicted molar refractivity (Wildman–Crippen MR) is 109 cm³/mol. The van der Waals surface area contributed by atoms with Crippen molar-refractivity contribution in [2.45, 2.75) is 96.9 Å². The topological polar surface area (TPSA) is 55.2 Å².